The lowest BCUT2D eigenvalue weighted by Crippen LogP contribution is -2.12. The summed E-state index contributed by atoms with van der Waals surface area (Å²) in [6.07, 6.45) is 2.96. The zero-order valence-corrected chi connectivity index (χ0v) is 14.2. The summed E-state index contributed by atoms with van der Waals surface area (Å²) in [4.78, 5) is 12.5. The molecule has 1 fully saturated rings. The minimum atomic E-state index is -0.254. The zero-order valence-electron chi connectivity index (χ0n) is 14.2. The van der Waals surface area contributed by atoms with E-state index in [9.17, 15) is 4.79 Å². The van der Waals surface area contributed by atoms with E-state index in [0.717, 1.165) is 42.0 Å². The van der Waals surface area contributed by atoms with E-state index < -0.39 is 0 Å². The highest BCUT2D eigenvalue weighted by molar-refractivity contribution is 6.03. The fourth-order valence-corrected chi connectivity index (χ4v) is 2.82. The quantitative estimate of drug-likeness (QED) is 0.771. The summed E-state index contributed by atoms with van der Waals surface area (Å²) in [5, 5.41) is 14.9. The van der Waals surface area contributed by atoms with E-state index in [2.05, 4.69) is 20.8 Å². The van der Waals surface area contributed by atoms with Gasteiger partial charge in [0.25, 0.3) is 5.91 Å². The zero-order chi connectivity index (χ0) is 17.4. The van der Waals surface area contributed by atoms with Gasteiger partial charge in [-0.15, -0.1) is 5.10 Å². The van der Waals surface area contributed by atoms with Crippen LogP contribution >= 0.6 is 0 Å². The lowest BCUT2D eigenvalue weighted by atomic mass is 10.2. The first kappa shape index (κ1) is 15.6. The minimum absolute atomic E-state index is 0.254. The first-order valence-electron chi connectivity index (χ1n) is 8.44. The van der Waals surface area contributed by atoms with E-state index in [1.807, 2.05) is 48.9 Å². The summed E-state index contributed by atoms with van der Waals surface area (Å²) in [7, 11) is 0. The largest absolute Gasteiger partial charge is 0.456 e. The topological polar surface area (TPSA) is 85.8 Å². The number of carbonyl (C=O) groups excluding carboxylic acids is 1. The molecule has 1 saturated carbocycles. The third-order valence-electron chi connectivity index (χ3n) is 4.29. The molecule has 0 spiro atoms. The van der Waals surface area contributed by atoms with Crippen molar-refractivity contribution in [2.75, 3.05) is 5.32 Å². The molecule has 0 radical (unpaired) electrons. The van der Waals surface area contributed by atoms with Crippen molar-refractivity contribution in [3.8, 4) is 11.4 Å². The molecule has 2 heterocycles. The Morgan fingerprint density at radius 2 is 2.20 bits per heavy atom. The molecule has 1 aliphatic rings. The Kier molecular flexibility index (Phi) is 3.83. The average Bonchev–Trinajstić information content (AvgIpc) is 3.21. The summed E-state index contributed by atoms with van der Waals surface area (Å²) in [6.45, 7) is 3.87. The van der Waals surface area contributed by atoms with Gasteiger partial charge in [0.15, 0.2) is 11.6 Å². The molecule has 7 nitrogen and oxygen atoms in total. The van der Waals surface area contributed by atoms with Crippen molar-refractivity contribution < 1.29 is 9.21 Å². The molecule has 0 atom stereocenters. The highest BCUT2D eigenvalue weighted by Crippen LogP contribution is 2.36. The maximum atomic E-state index is 12.5. The number of hydrogen-bond acceptors (Lipinski definition) is 5. The van der Waals surface area contributed by atoms with Crippen LogP contribution in [0.5, 0.6) is 0 Å². The molecular weight excluding hydrogens is 318 g/mol. The van der Waals surface area contributed by atoms with Gasteiger partial charge in [0.2, 0.25) is 0 Å². The van der Waals surface area contributed by atoms with Crippen LogP contribution in [0.3, 0.4) is 0 Å². The number of nitrogens with one attached hydrogen (secondary N) is 1. The number of rotatable bonds is 5. The second kappa shape index (κ2) is 6.16. The molecule has 1 aliphatic carbocycles. The number of hydrogen-bond donors (Lipinski definition) is 1. The molecule has 1 amide bonds. The number of anilines is 1. The molecule has 128 valence electrons. The molecule has 1 aromatic carbocycles. The van der Waals surface area contributed by atoms with Crippen LogP contribution < -0.4 is 5.32 Å². The Bertz CT molecular complexity index is 923. The number of benzene rings is 1. The van der Waals surface area contributed by atoms with Crippen molar-refractivity contribution in [1.29, 1.82) is 0 Å². The normalized spacial score (nSPS) is 13.8. The number of aryl methyl sites for hydroxylation is 2. The van der Waals surface area contributed by atoms with Gasteiger partial charge in [0.1, 0.15) is 5.76 Å². The third kappa shape index (κ3) is 3.05. The Balaban J connectivity index is 1.58. The van der Waals surface area contributed by atoms with Crippen LogP contribution in [0.2, 0.25) is 0 Å². The Morgan fingerprint density at radius 1 is 1.36 bits per heavy atom. The smallest absolute Gasteiger partial charge is 0.291 e. The number of aromatic nitrogens is 4. The second-order valence-electron chi connectivity index (χ2n) is 6.29. The maximum absolute atomic E-state index is 12.5. The van der Waals surface area contributed by atoms with E-state index in [1.165, 1.54) is 0 Å². The Hall–Kier alpha value is -2.96. The van der Waals surface area contributed by atoms with Crippen LogP contribution in [0.4, 0.5) is 5.69 Å². The molecule has 0 saturated heterocycles. The number of tetrazole rings is 1. The Labute approximate surface area is 145 Å². The summed E-state index contributed by atoms with van der Waals surface area (Å²) in [6, 6.07) is 9.82. The molecule has 1 N–H and O–H groups in total. The fourth-order valence-electron chi connectivity index (χ4n) is 2.82. The van der Waals surface area contributed by atoms with Crippen LogP contribution in [0.1, 0.15) is 47.7 Å². The van der Waals surface area contributed by atoms with Crippen LogP contribution in [0.25, 0.3) is 11.4 Å². The van der Waals surface area contributed by atoms with E-state index in [0.29, 0.717) is 17.5 Å². The standard InChI is InChI=1S/C18H19N5O2/c1-3-15-9-11(2)16(25-15)18(24)19-13-6-4-5-12(10-13)17-20-21-22-23(17)14-7-8-14/h4-6,9-10,14H,3,7-8H2,1-2H3,(H,19,24). The SMILES string of the molecule is CCc1cc(C)c(C(=O)Nc2cccc(-c3nnnn3C3CC3)c2)o1. The van der Waals surface area contributed by atoms with E-state index in [-0.39, 0.29) is 5.91 Å². The summed E-state index contributed by atoms with van der Waals surface area (Å²) in [5.74, 6) is 1.63. The van der Waals surface area contributed by atoms with Crippen molar-refractivity contribution >= 4 is 11.6 Å². The lowest BCUT2D eigenvalue weighted by Gasteiger charge is -2.07. The molecule has 7 heteroatoms. The van der Waals surface area contributed by atoms with Crippen molar-refractivity contribution in [2.45, 2.75) is 39.2 Å². The third-order valence-corrected chi connectivity index (χ3v) is 4.29. The predicted molar refractivity (Wildman–Crippen MR) is 92.3 cm³/mol. The predicted octanol–water partition coefficient (Wildman–Crippen LogP) is 3.39. The summed E-state index contributed by atoms with van der Waals surface area (Å²) < 4.78 is 7.46. The first-order valence-corrected chi connectivity index (χ1v) is 8.44. The van der Waals surface area contributed by atoms with E-state index in [4.69, 9.17) is 4.42 Å². The lowest BCUT2D eigenvalue weighted by molar-refractivity contribution is 0.0994. The highest BCUT2D eigenvalue weighted by Gasteiger charge is 2.28. The van der Waals surface area contributed by atoms with Crippen LogP contribution in [0.15, 0.2) is 34.7 Å². The van der Waals surface area contributed by atoms with Crippen LogP contribution in [0, 0.1) is 6.92 Å². The van der Waals surface area contributed by atoms with Gasteiger partial charge in [0.05, 0.1) is 6.04 Å². The molecule has 3 aromatic rings. The molecule has 25 heavy (non-hydrogen) atoms. The van der Waals surface area contributed by atoms with Crippen molar-refractivity contribution in [3.63, 3.8) is 0 Å². The molecule has 0 unspecified atom stereocenters. The van der Waals surface area contributed by atoms with Gasteiger partial charge in [-0.2, -0.15) is 0 Å². The molecular formula is C18H19N5O2. The van der Waals surface area contributed by atoms with Gasteiger partial charge in [-0.05, 0) is 48.4 Å². The molecule has 4 rings (SSSR count). The highest BCUT2D eigenvalue weighted by atomic mass is 16.4. The average molecular weight is 337 g/mol. The minimum Gasteiger partial charge on any atom is -0.456 e. The van der Waals surface area contributed by atoms with E-state index in [1.54, 1.807) is 0 Å². The van der Waals surface area contributed by atoms with Crippen LogP contribution in [-0.2, 0) is 6.42 Å². The monoisotopic (exact) mass is 337 g/mol. The van der Waals surface area contributed by atoms with Crippen molar-refractivity contribution in [3.05, 3.63) is 47.4 Å². The van der Waals surface area contributed by atoms with Gasteiger partial charge in [-0.3, -0.25) is 4.79 Å². The molecule has 0 bridgehead atoms. The Morgan fingerprint density at radius 3 is 2.92 bits per heavy atom. The van der Waals surface area contributed by atoms with Crippen LogP contribution in [-0.4, -0.2) is 26.1 Å². The fraction of sp³-hybridized carbons (Fsp3) is 0.333. The van der Waals surface area contributed by atoms with Crippen molar-refractivity contribution in [1.82, 2.24) is 20.2 Å². The van der Waals surface area contributed by atoms with Crippen molar-refractivity contribution in [2.24, 2.45) is 0 Å². The number of furan rings is 1. The van der Waals surface area contributed by atoms with Gasteiger partial charge in [-0.1, -0.05) is 19.1 Å². The number of carbonyl (C=O) groups is 1. The summed E-state index contributed by atoms with van der Waals surface area (Å²) >= 11 is 0. The number of nitrogens with zero attached hydrogens (tertiary/aromatic N) is 4. The van der Waals surface area contributed by atoms with Gasteiger partial charge >= 0.3 is 0 Å². The van der Waals surface area contributed by atoms with E-state index >= 15 is 0 Å². The number of amides is 1. The molecule has 2 aromatic heterocycles. The van der Waals surface area contributed by atoms with Gasteiger partial charge < -0.3 is 9.73 Å². The molecule has 0 aliphatic heterocycles. The second-order valence-corrected chi connectivity index (χ2v) is 6.29. The van der Waals surface area contributed by atoms with Gasteiger partial charge in [0, 0.05) is 23.2 Å². The van der Waals surface area contributed by atoms with Gasteiger partial charge in [-0.25, -0.2) is 4.68 Å². The summed E-state index contributed by atoms with van der Waals surface area (Å²) in [5.41, 5.74) is 2.39. The first-order chi connectivity index (χ1) is 12.2. The maximum Gasteiger partial charge on any atom is 0.291 e.